The summed E-state index contributed by atoms with van der Waals surface area (Å²) in [6, 6.07) is 14.6. The molecule has 6 heteroatoms. The summed E-state index contributed by atoms with van der Waals surface area (Å²) in [5, 5.41) is 2.74. The molecule has 166 valence electrons. The molecule has 2 aliphatic heterocycles. The average Bonchev–Trinajstić information content (AvgIpc) is 2.98. The molecule has 32 heavy (non-hydrogen) atoms. The van der Waals surface area contributed by atoms with Crippen LogP contribution in [-0.4, -0.2) is 35.7 Å². The molecule has 0 aliphatic carbocycles. The summed E-state index contributed by atoms with van der Waals surface area (Å²) in [5.74, 6) is 0.130. The van der Waals surface area contributed by atoms with E-state index in [0.717, 1.165) is 25.1 Å². The van der Waals surface area contributed by atoms with E-state index in [9.17, 15) is 14.4 Å². The Hall–Kier alpha value is -3.41. The van der Waals surface area contributed by atoms with Crippen LogP contribution in [-0.2, 0) is 14.4 Å². The fourth-order valence-electron chi connectivity index (χ4n) is 4.87. The highest BCUT2D eigenvalue weighted by Crippen LogP contribution is 2.38. The minimum absolute atomic E-state index is 0.160. The highest BCUT2D eigenvalue weighted by Gasteiger charge is 2.44. The standard InChI is InChI=1S/C26H29N3O3/c1-16-13-17(2)15-28(14-16)24-23(20-9-11-21(12-10-20)27-19(4)30)25(31)29(26(24)32)22-8-6-5-7-18(22)3/h5-12,16-17H,13-15H2,1-4H3,(H,27,30). The summed E-state index contributed by atoms with van der Waals surface area (Å²) in [6.07, 6.45) is 1.11. The van der Waals surface area contributed by atoms with E-state index >= 15 is 0 Å². The number of benzene rings is 2. The second kappa shape index (κ2) is 8.61. The van der Waals surface area contributed by atoms with Crippen LogP contribution >= 0.6 is 0 Å². The molecular weight excluding hydrogens is 402 g/mol. The fraction of sp³-hybridized carbons (Fsp3) is 0.346. The molecule has 2 atom stereocenters. The fourth-order valence-corrected chi connectivity index (χ4v) is 4.87. The van der Waals surface area contributed by atoms with Crippen LogP contribution in [0.3, 0.4) is 0 Å². The maximum Gasteiger partial charge on any atom is 0.282 e. The lowest BCUT2D eigenvalue weighted by Crippen LogP contribution is -2.42. The second-order valence-corrected chi connectivity index (χ2v) is 9.07. The summed E-state index contributed by atoms with van der Waals surface area (Å²) in [6.45, 7) is 9.21. The Morgan fingerprint density at radius 1 is 0.938 bits per heavy atom. The molecule has 1 fully saturated rings. The first-order valence-electron chi connectivity index (χ1n) is 11.1. The lowest BCUT2D eigenvalue weighted by molar-refractivity contribution is -0.121. The van der Waals surface area contributed by atoms with Crippen molar-refractivity contribution in [2.24, 2.45) is 11.8 Å². The Labute approximate surface area is 188 Å². The SMILES string of the molecule is CC(=O)Nc1ccc(C2=C(N3CC(C)CC(C)C3)C(=O)N(c3ccccc3C)C2=O)cc1. The third-order valence-corrected chi connectivity index (χ3v) is 6.09. The van der Waals surface area contributed by atoms with Crippen LogP contribution in [0.25, 0.3) is 5.57 Å². The molecule has 6 nitrogen and oxygen atoms in total. The smallest absolute Gasteiger partial charge is 0.282 e. The van der Waals surface area contributed by atoms with Crippen LogP contribution in [0.15, 0.2) is 54.2 Å². The molecular formula is C26H29N3O3. The van der Waals surface area contributed by atoms with E-state index in [0.29, 0.717) is 40.0 Å². The molecule has 0 saturated carbocycles. The lowest BCUT2D eigenvalue weighted by Gasteiger charge is -2.37. The van der Waals surface area contributed by atoms with Gasteiger partial charge in [0.2, 0.25) is 5.91 Å². The van der Waals surface area contributed by atoms with Gasteiger partial charge in [-0.3, -0.25) is 14.4 Å². The van der Waals surface area contributed by atoms with Gasteiger partial charge in [-0.25, -0.2) is 4.90 Å². The van der Waals surface area contributed by atoms with E-state index in [4.69, 9.17) is 0 Å². The molecule has 2 unspecified atom stereocenters. The third-order valence-electron chi connectivity index (χ3n) is 6.09. The zero-order chi connectivity index (χ0) is 23.0. The van der Waals surface area contributed by atoms with Gasteiger partial charge in [-0.05, 0) is 54.5 Å². The van der Waals surface area contributed by atoms with Gasteiger partial charge in [0.15, 0.2) is 0 Å². The van der Waals surface area contributed by atoms with E-state index in [1.807, 2.05) is 31.2 Å². The van der Waals surface area contributed by atoms with Crippen molar-refractivity contribution in [1.29, 1.82) is 0 Å². The number of para-hydroxylation sites is 1. The minimum atomic E-state index is -0.308. The second-order valence-electron chi connectivity index (χ2n) is 9.07. The van der Waals surface area contributed by atoms with E-state index in [-0.39, 0.29) is 17.7 Å². The first kappa shape index (κ1) is 21.8. The Bertz CT molecular complexity index is 1090. The van der Waals surface area contributed by atoms with Crippen LogP contribution in [0, 0.1) is 18.8 Å². The highest BCUT2D eigenvalue weighted by atomic mass is 16.2. The summed E-state index contributed by atoms with van der Waals surface area (Å²) >= 11 is 0. The maximum absolute atomic E-state index is 13.7. The zero-order valence-corrected chi connectivity index (χ0v) is 19.0. The van der Waals surface area contributed by atoms with Gasteiger partial charge in [-0.2, -0.15) is 0 Å². The highest BCUT2D eigenvalue weighted by molar-refractivity contribution is 6.45. The van der Waals surface area contributed by atoms with Crippen LogP contribution in [0.5, 0.6) is 0 Å². The first-order chi connectivity index (χ1) is 15.3. The summed E-state index contributed by atoms with van der Waals surface area (Å²) in [4.78, 5) is 42.2. The van der Waals surface area contributed by atoms with Crippen LogP contribution in [0.1, 0.15) is 38.3 Å². The number of anilines is 2. The average molecular weight is 432 g/mol. The number of carbonyl (C=O) groups is 3. The first-order valence-corrected chi connectivity index (χ1v) is 11.1. The predicted molar refractivity (Wildman–Crippen MR) is 126 cm³/mol. The molecule has 1 saturated heterocycles. The Morgan fingerprint density at radius 3 is 2.16 bits per heavy atom. The topological polar surface area (TPSA) is 69.7 Å². The van der Waals surface area contributed by atoms with Crippen molar-refractivity contribution in [3.8, 4) is 0 Å². The Balaban J connectivity index is 1.81. The zero-order valence-electron chi connectivity index (χ0n) is 19.0. The summed E-state index contributed by atoms with van der Waals surface area (Å²) in [5.41, 5.74) is 3.71. The van der Waals surface area contributed by atoms with Crippen LogP contribution < -0.4 is 10.2 Å². The van der Waals surface area contributed by atoms with Gasteiger partial charge < -0.3 is 10.2 Å². The molecule has 0 spiro atoms. The summed E-state index contributed by atoms with van der Waals surface area (Å²) in [7, 11) is 0. The van der Waals surface area contributed by atoms with E-state index < -0.39 is 0 Å². The molecule has 2 aromatic rings. The third kappa shape index (κ3) is 4.05. The minimum Gasteiger partial charge on any atom is -0.366 e. The number of carbonyl (C=O) groups excluding carboxylic acids is 3. The molecule has 3 amide bonds. The largest absolute Gasteiger partial charge is 0.366 e. The van der Waals surface area contributed by atoms with Gasteiger partial charge in [0.05, 0.1) is 11.3 Å². The maximum atomic E-state index is 13.7. The number of piperidine rings is 1. The van der Waals surface area contributed by atoms with Gasteiger partial charge in [0.1, 0.15) is 5.70 Å². The number of imide groups is 1. The number of rotatable bonds is 4. The molecule has 0 radical (unpaired) electrons. The molecule has 2 aromatic carbocycles. The number of likely N-dealkylation sites (tertiary alicyclic amines) is 1. The van der Waals surface area contributed by atoms with E-state index in [1.54, 1.807) is 24.3 Å². The van der Waals surface area contributed by atoms with E-state index in [2.05, 4.69) is 24.1 Å². The quantitative estimate of drug-likeness (QED) is 0.736. The van der Waals surface area contributed by atoms with Gasteiger partial charge in [0.25, 0.3) is 11.8 Å². The molecule has 0 bridgehead atoms. The van der Waals surface area contributed by atoms with Crippen molar-refractivity contribution >= 4 is 34.7 Å². The molecule has 2 heterocycles. The lowest BCUT2D eigenvalue weighted by atomic mass is 9.91. The number of nitrogens with one attached hydrogen (secondary N) is 1. The van der Waals surface area contributed by atoms with Crippen LogP contribution in [0.4, 0.5) is 11.4 Å². The Morgan fingerprint density at radius 2 is 1.56 bits per heavy atom. The predicted octanol–water partition coefficient (Wildman–Crippen LogP) is 4.22. The normalized spacial score (nSPS) is 21.4. The van der Waals surface area contributed by atoms with Crippen molar-refractivity contribution < 1.29 is 14.4 Å². The summed E-state index contributed by atoms with van der Waals surface area (Å²) < 4.78 is 0. The molecule has 4 rings (SSSR count). The van der Waals surface area contributed by atoms with Crippen molar-refractivity contribution in [1.82, 2.24) is 4.90 Å². The van der Waals surface area contributed by atoms with Crippen molar-refractivity contribution in [3.05, 3.63) is 65.4 Å². The number of hydrogen-bond donors (Lipinski definition) is 1. The van der Waals surface area contributed by atoms with Crippen molar-refractivity contribution in [3.63, 3.8) is 0 Å². The number of hydrogen-bond acceptors (Lipinski definition) is 4. The van der Waals surface area contributed by atoms with Gasteiger partial charge in [-0.15, -0.1) is 0 Å². The van der Waals surface area contributed by atoms with Crippen molar-refractivity contribution in [2.75, 3.05) is 23.3 Å². The number of aryl methyl sites for hydroxylation is 1. The van der Waals surface area contributed by atoms with Gasteiger partial charge in [-0.1, -0.05) is 44.2 Å². The molecule has 1 N–H and O–H groups in total. The molecule has 2 aliphatic rings. The van der Waals surface area contributed by atoms with Gasteiger partial charge >= 0.3 is 0 Å². The van der Waals surface area contributed by atoms with Crippen molar-refractivity contribution in [2.45, 2.75) is 34.1 Å². The molecule has 0 aromatic heterocycles. The number of nitrogens with zero attached hydrogens (tertiary/aromatic N) is 2. The van der Waals surface area contributed by atoms with E-state index in [1.165, 1.54) is 11.8 Å². The Kier molecular flexibility index (Phi) is 5.87. The van der Waals surface area contributed by atoms with Gasteiger partial charge in [0, 0.05) is 25.7 Å². The van der Waals surface area contributed by atoms with Crippen LogP contribution in [0.2, 0.25) is 0 Å². The monoisotopic (exact) mass is 431 g/mol. The number of amides is 3.